The Labute approximate surface area is 244 Å². The van der Waals surface area contributed by atoms with Crippen LogP contribution in [0, 0.1) is 40.9 Å². The lowest BCUT2D eigenvalue weighted by Crippen LogP contribution is -2.59. The summed E-state index contributed by atoms with van der Waals surface area (Å²) in [7, 11) is 0. The Morgan fingerprint density at radius 3 is 1.54 bits per heavy atom. The first-order valence-corrected chi connectivity index (χ1v) is 17.7. The zero-order valence-corrected chi connectivity index (χ0v) is 26.4. The van der Waals surface area contributed by atoms with E-state index in [1.807, 2.05) is 0 Å². The lowest BCUT2D eigenvalue weighted by atomic mass is 9.56. The lowest BCUT2D eigenvalue weighted by molar-refractivity contribution is -0.149. The number of esters is 1. The standard InChI is InChI=1S/C33H49NO3S2/c1-19(35)34-28(38-32-13-21-6-22(14-32)8-23(7-21)15-32)12-27(31(3,4)5)29(37-20(2)36)30(34)39-33-16-24-9-25(17-33)11-26(10-24)18-33/h12,21-26,28-30H,6-11,13-18H2,1-5H3. The molecule has 0 aromatic heterocycles. The van der Waals surface area contributed by atoms with Crippen LogP contribution in [-0.4, -0.2) is 43.1 Å². The van der Waals surface area contributed by atoms with Crippen molar-refractivity contribution >= 4 is 35.4 Å². The molecule has 0 saturated heterocycles. The van der Waals surface area contributed by atoms with Gasteiger partial charge in [-0.2, -0.15) is 0 Å². The van der Waals surface area contributed by atoms with Crippen molar-refractivity contribution in [2.75, 3.05) is 0 Å². The molecule has 0 aromatic carbocycles. The van der Waals surface area contributed by atoms with Crippen LogP contribution in [0.3, 0.4) is 0 Å². The quantitative estimate of drug-likeness (QED) is 0.249. The summed E-state index contributed by atoms with van der Waals surface area (Å²) in [6.07, 6.45) is 18.3. The molecule has 8 fully saturated rings. The maximum atomic E-state index is 13.7. The van der Waals surface area contributed by atoms with Crippen LogP contribution in [0.4, 0.5) is 0 Å². The summed E-state index contributed by atoms with van der Waals surface area (Å²) >= 11 is 4.18. The Kier molecular flexibility index (Phi) is 6.59. The molecule has 1 heterocycles. The number of hydrogen-bond donors (Lipinski definition) is 0. The van der Waals surface area contributed by atoms with E-state index >= 15 is 0 Å². The van der Waals surface area contributed by atoms with Crippen LogP contribution in [0.1, 0.15) is 112 Å². The van der Waals surface area contributed by atoms with Crippen molar-refractivity contribution in [3.8, 4) is 0 Å². The van der Waals surface area contributed by atoms with Gasteiger partial charge >= 0.3 is 5.97 Å². The highest BCUT2D eigenvalue weighted by Crippen LogP contribution is 2.65. The third-order valence-corrected chi connectivity index (χ3v) is 15.0. The first-order chi connectivity index (χ1) is 18.4. The Balaban J connectivity index is 1.27. The van der Waals surface area contributed by atoms with Crippen molar-refractivity contribution in [1.82, 2.24) is 4.90 Å². The van der Waals surface area contributed by atoms with Crippen LogP contribution >= 0.6 is 23.5 Å². The molecule has 8 bridgehead atoms. The van der Waals surface area contributed by atoms with E-state index in [9.17, 15) is 9.59 Å². The Morgan fingerprint density at radius 2 is 1.18 bits per heavy atom. The highest BCUT2D eigenvalue weighted by molar-refractivity contribution is 8.02. The third-order valence-electron chi connectivity index (χ3n) is 11.7. The molecule has 216 valence electrons. The molecule has 8 aliphatic carbocycles. The summed E-state index contributed by atoms with van der Waals surface area (Å²) in [5.41, 5.74) is 1.09. The van der Waals surface area contributed by atoms with Crippen molar-refractivity contribution in [2.24, 2.45) is 40.9 Å². The van der Waals surface area contributed by atoms with Crippen molar-refractivity contribution in [2.45, 2.75) is 138 Å². The van der Waals surface area contributed by atoms with Gasteiger partial charge in [0.05, 0.1) is 5.37 Å². The van der Waals surface area contributed by atoms with E-state index in [1.54, 1.807) is 13.8 Å². The maximum absolute atomic E-state index is 13.7. The summed E-state index contributed by atoms with van der Waals surface area (Å²) in [4.78, 5) is 28.5. The van der Waals surface area contributed by atoms with Crippen molar-refractivity contribution in [3.63, 3.8) is 0 Å². The van der Waals surface area contributed by atoms with Crippen LogP contribution in [0.2, 0.25) is 0 Å². The predicted octanol–water partition coefficient (Wildman–Crippen LogP) is 7.81. The minimum atomic E-state index is -0.377. The SMILES string of the molecule is CC(=O)OC1C(C(C)(C)C)=CC(SC23CC4CC(CC(C4)C2)C3)N(C(C)=O)C1SC12CC3CC(CC(C3)C1)C2. The molecule has 3 atom stereocenters. The molecule has 1 amide bonds. The van der Waals surface area contributed by atoms with E-state index in [1.165, 1.54) is 82.6 Å². The number of ether oxygens (including phenoxy) is 1. The molecular weight excluding hydrogens is 523 g/mol. The first kappa shape index (κ1) is 27.2. The molecule has 0 aromatic rings. The number of carbonyl (C=O) groups is 2. The number of carbonyl (C=O) groups excluding carboxylic acids is 2. The monoisotopic (exact) mass is 571 g/mol. The van der Waals surface area contributed by atoms with Gasteiger partial charge in [-0.05, 0) is 130 Å². The topological polar surface area (TPSA) is 46.6 Å². The molecule has 8 saturated carbocycles. The van der Waals surface area contributed by atoms with Gasteiger partial charge < -0.3 is 9.64 Å². The zero-order chi connectivity index (χ0) is 27.3. The molecular formula is C33H49NO3S2. The smallest absolute Gasteiger partial charge is 0.303 e. The van der Waals surface area contributed by atoms with Gasteiger partial charge in [0.25, 0.3) is 0 Å². The highest BCUT2D eigenvalue weighted by atomic mass is 32.2. The minimum Gasteiger partial charge on any atom is -0.455 e. The van der Waals surface area contributed by atoms with Crippen molar-refractivity contribution in [3.05, 3.63) is 11.6 Å². The van der Waals surface area contributed by atoms with E-state index < -0.39 is 0 Å². The molecule has 0 N–H and O–H groups in total. The lowest BCUT2D eigenvalue weighted by Gasteiger charge is -2.60. The van der Waals surface area contributed by atoms with Crippen LogP contribution in [0.15, 0.2) is 11.6 Å². The van der Waals surface area contributed by atoms with E-state index in [2.05, 4.69) is 55.3 Å². The summed E-state index contributed by atoms with van der Waals surface area (Å²) in [5, 5.41) is -0.125. The molecule has 0 radical (unpaired) electrons. The number of amides is 1. The van der Waals surface area contributed by atoms with Gasteiger partial charge in [0.15, 0.2) is 6.10 Å². The molecule has 6 heteroatoms. The van der Waals surface area contributed by atoms with Crippen molar-refractivity contribution in [1.29, 1.82) is 0 Å². The molecule has 0 spiro atoms. The Bertz CT molecular complexity index is 989. The van der Waals surface area contributed by atoms with E-state index in [0.29, 0.717) is 4.75 Å². The maximum Gasteiger partial charge on any atom is 0.303 e. The van der Waals surface area contributed by atoms with Gasteiger partial charge in [0.1, 0.15) is 5.37 Å². The normalized spacial score (nSPS) is 47.9. The van der Waals surface area contributed by atoms with Gasteiger partial charge in [-0.3, -0.25) is 9.59 Å². The third kappa shape index (κ3) is 4.93. The fourth-order valence-corrected chi connectivity index (χ4v) is 15.6. The van der Waals surface area contributed by atoms with Gasteiger partial charge in [-0.15, -0.1) is 23.5 Å². The fourth-order valence-electron chi connectivity index (χ4n) is 11.2. The Hall–Kier alpha value is -0.620. The largest absolute Gasteiger partial charge is 0.455 e. The molecule has 1 aliphatic heterocycles. The second-order valence-corrected chi connectivity index (χ2v) is 19.2. The van der Waals surface area contributed by atoms with Crippen LogP contribution in [-0.2, 0) is 14.3 Å². The van der Waals surface area contributed by atoms with Gasteiger partial charge in [-0.1, -0.05) is 20.8 Å². The fraction of sp³-hybridized carbons (Fsp3) is 0.879. The number of nitrogens with zero attached hydrogens (tertiary/aromatic N) is 1. The summed E-state index contributed by atoms with van der Waals surface area (Å²) in [6.45, 7) is 10.1. The van der Waals surface area contributed by atoms with Gasteiger partial charge in [-0.25, -0.2) is 0 Å². The molecule has 9 aliphatic rings. The second kappa shape index (κ2) is 9.44. The molecule has 3 unspecified atom stereocenters. The zero-order valence-electron chi connectivity index (χ0n) is 24.7. The van der Waals surface area contributed by atoms with Crippen molar-refractivity contribution < 1.29 is 14.3 Å². The van der Waals surface area contributed by atoms with Gasteiger partial charge in [0, 0.05) is 23.3 Å². The highest BCUT2D eigenvalue weighted by Gasteiger charge is 2.57. The van der Waals surface area contributed by atoms with E-state index in [-0.39, 0.29) is 38.9 Å². The average molecular weight is 572 g/mol. The van der Waals surface area contributed by atoms with Crippen LogP contribution in [0.25, 0.3) is 0 Å². The molecule has 9 rings (SSSR count). The predicted molar refractivity (Wildman–Crippen MR) is 160 cm³/mol. The Morgan fingerprint density at radius 1 is 0.769 bits per heavy atom. The number of thioether (sulfide) groups is 2. The van der Waals surface area contributed by atoms with E-state index in [4.69, 9.17) is 4.74 Å². The second-order valence-electron chi connectivity index (χ2n) is 16.0. The van der Waals surface area contributed by atoms with Crippen LogP contribution in [0.5, 0.6) is 0 Å². The minimum absolute atomic E-state index is 0.0196. The summed E-state index contributed by atoms with van der Waals surface area (Å²) in [5.74, 6) is 5.10. The summed E-state index contributed by atoms with van der Waals surface area (Å²) in [6, 6.07) is 0. The average Bonchev–Trinajstić information content (AvgIpc) is 2.77. The summed E-state index contributed by atoms with van der Waals surface area (Å²) < 4.78 is 6.77. The first-order valence-electron chi connectivity index (χ1n) is 15.9. The van der Waals surface area contributed by atoms with Crippen LogP contribution < -0.4 is 0 Å². The van der Waals surface area contributed by atoms with E-state index in [0.717, 1.165) is 35.5 Å². The molecule has 4 nitrogen and oxygen atoms in total. The number of rotatable bonds is 5. The van der Waals surface area contributed by atoms with Gasteiger partial charge in [0.2, 0.25) is 5.91 Å². The number of hydrogen-bond acceptors (Lipinski definition) is 5. The molecule has 39 heavy (non-hydrogen) atoms.